The Morgan fingerprint density at radius 3 is 1.92 bits per heavy atom. The Kier molecular flexibility index (Phi) is 12.1. The zero-order valence-corrected chi connectivity index (χ0v) is 34.1. The van der Waals surface area contributed by atoms with Crippen LogP contribution in [0.4, 0.5) is 56.9 Å². The fourth-order valence-corrected chi connectivity index (χ4v) is 7.82. The molecule has 0 aliphatic carbocycles. The number of azo groups is 3. The van der Waals surface area contributed by atoms with Gasteiger partial charge in [-0.3, -0.25) is 9.11 Å². The lowest BCUT2D eigenvalue weighted by Gasteiger charge is -2.12. The van der Waals surface area contributed by atoms with Crippen molar-refractivity contribution in [2.45, 2.75) is 21.6 Å². The molecule has 0 unspecified atom stereocenters. The maximum absolute atomic E-state index is 12.5. The molecule has 62 heavy (non-hydrogen) atoms. The molecule has 0 heterocycles. The van der Waals surface area contributed by atoms with Gasteiger partial charge in [-0.25, -0.2) is 5.26 Å². The van der Waals surface area contributed by atoms with E-state index < -0.39 is 41.5 Å². The first kappa shape index (κ1) is 43.0. The Hall–Kier alpha value is -7.09. The maximum Gasteiger partial charge on any atom is 0.296 e. The van der Waals surface area contributed by atoms with Crippen LogP contribution in [0, 0.1) is 6.92 Å². The standard InChI is InChI=1S/C39H31N9O11S3/c1-20-2-3-21-15-33(60-59-58-51)36(38(49)28(21)14-20)47-43-25-9-7-24(8-10-25)42-32-13-11-27(19-34(32)61(52,53)54)45-48-37-35(62(55,56)57)16-22-4-6-26(18-29(22)39(37)50)44-46-31-12-5-23(40)17-30(31)41/h2-19,42,49-51H,40-41H2,1H3,(H,52,53,54)(H,55,56,57). The van der Waals surface area contributed by atoms with E-state index >= 15 is 0 Å². The molecule has 7 aromatic rings. The summed E-state index contributed by atoms with van der Waals surface area (Å²) >= 11 is 0.594. The summed E-state index contributed by atoms with van der Waals surface area (Å²) in [5, 5.41) is 63.3. The molecular weight excluding hydrogens is 867 g/mol. The smallest absolute Gasteiger partial charge is 0.296 e. The number of fused-ring (bicyclic) bond motifs is 2. The van der Waals surface area contributed by atoms with Gasteiger partial charge in [-0.2, -0.15) is 32.2 Å². The number of aromatic hydroxyl groups is 2. The van der Waals surface area contributed by atoms with Gasteiger partial charge in [0.2, 0.25) is 0 Å². The zero-order valence-electron chi connectivity index (χ0n) is 31.6. The SMILES string of the molecule is Cc1ccc2cc(SOOO)c(N=Nc3ccc(Nc4ccc(N=Nc5c(S(=O)(=O)O)cc6ccc(N=Nc7ccc(N)cc7N)cc6c5O)cc4S(=O)(=O)O)cc3)c(O)c2c1. The predicted octanol–water partition coefficient (Wildman–Crippen LogP) is 10.8. The van der Waals surface area contributed by atoms with Gasteiger partial charge in [-0.15, -0.1) is 19.7 Å². The molecule has 0 aliphatic rings. The van der Waals surface area contributed by atoms with E-state index in [4.69, 9.17) is 16.7 Å². The van der Waals surface area contributed by atoms with Crippen LogP contribution < -0.4 is 16.8 Å². The Labute approximate surface area is 355 Å². The molecule has 23 heteroatoms. The topological polar surface area (TPSA) is 326 Å². The molecule has 7 aromatic carbocycles. The first-order chi connectivity index (χ1) is 29.5. The minimum Gasteiger partial charge on any atom is -0.505 e. The monoisotopic (exact) mass is 897 g/mol. The van der Waals surface area contributed by atoms with E-state index in [1.807, 2.05) is 13.0 Å². The molecule has 316 valence electrons. The molecule has 0 saturated heterocycles. The minimum absolute atomic E-state index is 0.0292. The zero-order chi connectivity index (χ0) is 44.3. The van der Waals surface area contributed by atoms with Crippen LogP contribution in [0.1, 0.15) is 5.56 Å². The number of benzene rings is 7. The molecule has 20 nitrogen and oxygen atoms in total. The average Bonchev–Trinajstić information content (AvgIpc) is 3.22. The van der Waals surface area contributed by atoms with E-state index in [2.05, 4.69) is 45.4 Å². The number of hydrogen-bond donors (Lipinski definition) is 8. The Morgan fingerprint density at radius 2 is 1.21 bits per heavy atom. The third-order valence-corrected chi connectivity index (χ3v) is 11.3. The normalized spacial score (nSPS) is 12.4. The second-order valence-electron chi connectivity index (χ2n) is 13.2. The molecule has 0 aromatic heterocycles. The third kappa shape index (κ3) is 9.59. The third-order valence-electron chi connectivity index (χ3n) is 8.92. The van der Waals surface area contributed by atoms with Gasteiger partial charge in [0, 0.05) is 22.1 Å². The van der Waals surface area contributed by atoms with E-state index in [-0.39, 0.29) is 49.9 Å². The highest BCUT2D eigenvalue weighted by atomic mass is 32.2. The van der Waals surface area contributed by atoms with E-state index in [0.29, 0.717) is 45.6 Å². The van der Waals surface area contributed by atoms with Crippen molar-refractivity contribution in [3.63, 3.8) is 0 Å². The van der Waals surface area contributed by atoms with Gasteiger partial charge in [0.25, 0.3) is 20.2 Å². The number of phenols is 2. The quantitative estimate of drug-likeness (QED) is 0.0133. The van der Waals surface area contributed by atoms with Gasteiger partial charge >= 0.3 is 0 Å². The van der Waals surface area contributed by atoms with Crippen molar-refractivity contribution >= 4 is 111 Å². The summed E-state index contributed by atoms with van der Waals surface area (Å²) < 4.78 is 74.7. The van der Waals surface area contributed by atoms with Crippen molar-refractivity contribution in [1.82, 2.24) is 0 Å². The Balaban J connectivity index is 1.15. The fraction of sp³-hybridized carbons (Fsp3) is 0.0256. The number of nitrogens with zero attached hydrogens (tertiary/aromatic N) is 6. The van der Waals surface area contributed by atoms with Crippen LogP contribution in [0.5, 0.6) is 11.5 Å². The van der Waals surface area contributed by atoms with E-state index in [1.54, 1.807) is 30.3 Å². The predicted molar refractivity (Wildman–Crippen MR) is 230 cm³/mol. The summed E-state index contributed by atoms with van der Waals surface area (Å²) in [5.41, 5.74) is 13.5. The lowest BCUT2D eigenvalue weighted by molar-refractivity contribution is -0.432. The Morgan fingerprint density at radius 1 is 0.613 bits per heavy atom. The van der Waals surface area contributed by atoms with Crippen LogP contribution in [0.15, 0.2) is 155 Å². The molecule has 0 atom stereocenters. The molecule has 10 N–H and O–H groups in total. The van der Waals surface area contributed by atoms with Crippen LogP contribution in [0.2, 0.25) is 0 Å². The molecule has 0 spiro atoms. The van der Waals surface area contributed by atoms with Crippen LogP contribution in [-0.2, 0) is 29.6 Å². The highest BCUT2D eigenvalue weighted by molar-refractivity contribution is 7.94. The minimum atomic E-state index is -5.00. The number of nitrogens with one attached hydrogen (secondary N) is 1. The summed E-state index contributed by atoms with van der Waals surface area (Å²) in [6.07, 6.45) is 0. The van der Waals surface area contributed by atoms with Crippen LogP contribution in [0.25, 0.3) is 21.5 Å². The van der Waals surface area contributed by atoms with Crippen molar-refractivity contribution < 1.29 is 50.8 Å². The summed E-state index contributed by atoms with van der Waals surface area (Å²) in [5.74, 6) is -0.908. The van der Waals surface area contributed by atoms with Crippen LogP contribution >= 0.6 is 12.0 Å². The Bertz CT molecular complexity index is 3220. The van der Waals surface area contributed by atoms with Crippen molar-refractivity contribution in [2.24, 2.45) is 30.7 Å². The summed E-state index contributed by atoms with van der Waals surface area (Å²) in [4.78, 5) is -1.17. The van der Waals surface area contributed by atoms with E-state index in [1.165, 1.54) is 60.7 Å². The van der Waals surface area contributed by atoms with Gasteiger partial charge in [-0.05, 0) is 109 Å². The largest absolute Gasteiger partial charge is 0.505 e. The first-order valence-electron chi connectivity index (χ1n) is 17.6. The fourth-order valence-electron chi connectivity index (χ4n) is 6.00. The lowest BCUT2D eigenvalue weighted by atomic mass is 10.1. The second kappa shape index (κ2) is 17.5. The van der Waals surface area contributed by atoms with Crippen molar-refractivity contribution in [3.8, 4) is 11.5 Å². The second-order valence-corrected chi connectivity index (χ2v) is 16.7. The van der Waals surface area contributed by atoms with Crippen molar-refractivity contribution in [3.05, 3.63) is 115 Å². The average molecular weight is 898 g/mol. The number of phenolic OH excluding ortho intramolecular Hbond substituents is 2. The molecule has 0 radical (unpaired) electrons. The number of anilines is 4. The number of nitrogen functional groups attached to an aromatic ring is 2. The van der Waals surface area contributed by atoms with Crippen molar-refractivity contribution in [2.75, 3.05) is 16.8 Å². The molecule has 0 aliphatic heterocycles. The number of hydrogen-bond acceptors (Lipinski definition) is 19. The molecular formula is C39H31N9O11S3. The highest BCUT2D eigenvalue weighted by Crippen LogP contribution is 2.45. The number of aryl methyl sites for hydroxylation is 1. The van der Waals surface area contributed by atoms with Gasteiger partial charge in [-0.1, -0.05) is 28.8 Å². The summed E-state index contributed by atoms with van der Waals surface area (Å²) in [6, 6.07) is 26.6. The maximum atomic E-state index is 12.5. The van der Waals surface area contributed by atoms with Gasteiger partial charge in [0.15, 0.2) is 11.5 Å². The molecule has 0 saturated carbocycles. The van der Waals surface area contributed by atoms with E-state index in [0.717, 1.165) is 17.7 Å². The van der Waals surface area contributed by atoms with Crippen molar-refractivity contribution in [1.29, 1.82) is 0 Å². The van der Waals surface area contributed by atoms with Crippen LogP contribution in [-0.4, -0.2) is 41.4 Å². The first-order valence-corrected chi connectivity index (χ1v) is 21.2. The molecule has 7 rings (SSSR count). The van der Waals surface area contributed by atoms with Gasteiger partial charge in [0.05, 0.1) is 45.4 Å². The van der Waals surface area contributed by atoms with Gasteiger partial charge < -0.3 is 27.0 Å². The number of nitrogens with two attached hydrogens (primary N) is 2. The number of rotatable bonds is 13. The highest BCUT2D eigenvalue weighted by Gasteiger charge is 2.23. The molecule has 0 amide bonds. The van der Waals surface area contributed by atoms with Crippen LogP contribution in [0.3, 0.4) is 0 Å². The summed E-state index contributed by atoms with van der Waals surface area (Å²) in [6.45, 7) is 1.86. The van der Waals surface area contributed by atoms with E-state index in [9.17, 15) is 36.2 Å². The molecule has 0 fully saturated rings. The lowest BCUT2D eigenvalue weighted by Crippen LogP contribution is -2.03. The molecule has 0 bridgehead atoms. The van der Waals surface area contributed by atoms with Gasteiger partial charge in [0.1, 0.15) is 26.9 Å². The summed E-state index contributed by atoms with van der Waals surface area (Å²) in [7, 11) is -9.92.